The van der Waals surface area contributed by atoms with Crippen molar-refractivity contribution in [1.82, 2.24) is 9.80 Å². The van der Waals surface area contributed by atoms with Crippen molar-refractivity contribution in [2.24, 2.45) is 0 Å². The van der Waals surface area contributed by atoms with E-state index in [0.717, 1.165) is 23.0 Å². The molecule has 544 valence electrons. The molecule has 9 aromatic rings. The van der Waals surface area contributed by atoms with E-state index in [1.165, 1.54) is 6.07 Å². The highest BCUT2D eigenvalue weighted by Gasteiger charge is 2.59. The third-order valence-electron chi connectivity index (χ3n) is 20.5. The second-order valence-electron chi connectivity index (χ2n) is 27.1. The second-order valence-corrected chi connectivity index (χ2v) is 27.1. The number of benzene rings is 9. The normalized spacial score (nSPS) is 19.0. The van der Waals surface area contributed by atoms with Gasteiger partial charge >= 0.3 is 45.4 Å². The van der Waals surface area contributed by atoms with Crippen LogP contribution in [0.25, 0.3) is 0 Å². The molecule has 2 saturated heterocycles. The molecule has 22 nitrogen and oxygen atoms in total. The summed E-state index contributed by atoms with van der Waals surface area (Å²) >= 11 is 0. The van der Waals surface area contributed by atoms with Gasteiger partial charge < -0.3 is 83.5 Å². The fourth-order valence-corrected chi connectivity index (χ4v) is 15.5. The van der Waals surface area contributed by atoms with Gasteiger partial charge in [-0.1, -0.05) is 98.1 Å². The molecule has 0 aliphatic carbocycles. The number of piperazine rings is 2. The van der Waals surface area contributed by atoms with Crippen LogP contribution in [0.1, 0.15) is 101 Å². The molecule has 28 heteroatoms. The van der Waals surface area contributed by atoms with Crippen molar-refractivity contribution in [2.45, 2.75) is 36.8 Å². The number of esters is 3. The Bertz CT molecular complexity index is 5290. The van der Waals surface area contributed by atoms with E-state index in [2.05, 4.69) is 30.0 Å². The van der Waals surface area contributed by atoms with Crippen LogP contribution in [0, 0.1) is 0 Å². The lowest BCUT2D eigenvalue weighted by Crippen LogP contribution is -2.49. The van der Waals surface area contributed by atoms with E-state index in [1.807, 2.05) is 65.6 Å². The number of rotatable bonds is 10. The molecular weight excluding hydrogens is 1390 g/mol. The predicted molar refractivity (Wildman–Crippen MR) is 394 cm³/mol. The molecule has 3 atom stereocenters. The molecule has 7 N–H and O–H groups in total. The Morgan fingerprint density at radius 1 is 0.454 bits per heavy atom. The maximum atomic E-state index is 14.6. The SMILES string of the molecule is C=C(C)C(=O)N1CCN(c2ccc3c(c2)Oc2cc(B(O)O)cc(C(F)(F)F)c2C32OC(=O)c3ccccc32)CC1.C=C(C)C(=O)N1CCN(c2ccc3c(c2)Oc2cc(B(O)O)ccc2C32OC(=O)c3ccccc32)CC1.C=CCNc1ccc2c(c1)Oc1cc(B(O)O)ccc1C21OC(=O)c2ccccc21. The first kappa shape index (κ1) is 71.7. The van der Waals surface area contributed by atoms with E-state index >= 15 is 0 Å². The number of nitrogens with zero attached hydrogens (tertiary/aromatic N) is 4. The first-order chi connectivity index (χ1) is 51.7. The molecule has 108 heavy (non-hydrogen) atoms. The molecule has 0 radical (unpaired) electrons. The van der Waals surface area contributed by atoms with Crippen LogP contribution in [0.15, 0.2) is 213 Å². The maximum Gasteiger partial charge on any atom is 0.488 e. The summed E-state index contributed by atoms with van der Waals surface area (Å²) in [4.78, 5) is 71.2. The Morgan fingerprint density at radius 3 is 1.21 bits per heavy atom. The minimum absolute atomic E-state index is 0.0319. The first-order valence-corrected chi connectivity index (χ1v) is 34.6. The molecule has 9 aromatic carbocycles. The third kappa shape index (κ3) is 12.0. The van der Waals surface area contributed by atoms with Gasteiger partial charge in [0.25, 0.3) is 0 Å². The van der Waals surface area contributed by atoms with Gasteiger partial charge in [0.15, 0.2) is 16.8 Å². The van der Waals surface area contributed by atoms with Gasteiger partial charge in [-0.15, -0.1) is 6.58 Å². The summed E-state index contributed by atoms with van der Waals surface area (Å²) in [5, 5.41) is 61.5. The van der Waals surface area contributed by atoms with E-state index in [4.69, 9.17) is 28.4 Å². The number of fused-ring (bicyclic) bond motifs is 18. The number of hydrogen-bond acceptors (Lipinski definition) is 20. The van der Waals surface area contributed by atoms with E-state index in [-0.39, 0.29) is 50.9 Å². The lowest BCUT2D eigenvalue weighted by atomic mass is 9.72. The molecule has 8 aliphatic heterocycles. The summed E-state index contributed by atoms with van der Waals surface area (Å²) in [5.74, 6) is -0.128. The Balaban J connectivity index is 0.000000131. The van der Waals surface area contributed by atoms with Crippen molar-refractivity contribution >= 4 is 84.5 Å². The molecule has 2 fully saturated rings. The van der Waals surface area contributed by atoms with Crippen molar-refractivity contribution in [3.63, 3.8) is 0 Å². The van der Waals surface area contributed by atoms with E-state index in [0.29, 0.717) is 144 Å². The number of alkyl halides is 3. The van der Waals surface area contributed by atoms with Crippen molar-refractivity contribution in [3.05, 3.63) is 285 Å². The van der Waals surface area contributed by atoms with Gasteiger partial charge in [-0.05, 0) is 109 Å². The molecule has 8 aliphatic rings. The van der Waals surface area contributed by atoms with Crippen molar-refractivity contribution in [2.75, 3.05) is 74.0 Å². The largest absolute Gasteiger partial charge is 0.488 e. The highest BCUT2D eigenvalue weighted by molar-refractivity contribution is 6.59. The van der Waals surface area contributed by atoms with Crippen LogP contribution in [-0.4, -0.2) is 150 Å². The van der Waals surface area contributed by atoms with E-state index in [9.17, 15) is 67.3 Å². The number of amides is 2. The number of hydrogen-bond donors (Lipinski definition) is 7. The van der Waals surface area contributed by atoms with Crippen LogP contribution in [-0.2, 0) is 46.8 Å². The third-order valence-corrected chi connectivity index (χ3v) is 20.5. The van der Waals surface area contributed by atoms with Gasteiger partial charge in [0.2, 0.25) is 11.8 Å². The number of nitrogens with one attached hydrogen (secondary N) is 1. The van der Waals surface area contributed by atoms with Crippen LogP contribution in [0.5, 0.6) is 34.5 Å². The van der Waals surface area contributed by atoms with Gasteiger partial charge in [0.1, 0.15) is 34.5 Å². The fraction of sp³-hybridized carbons (Fsp3) is 0.188. The highest BCUT2D eigenvalue weighted by atomic mass is 19.4. The fourth-order valence-electron chi connectivity index (χ4n) is 15.5. The number of carbonyl (C=O) groups is 5. The van der Waals surface area contributed by atoms with Crippen LogP contribution >= 0.6 is 0 Å². The molecule has 3 unspecified atom stereocenters. The zero-order valence-corrected chi connectivity index (χ0v) is 58.1. The monoisotopic (exact) mass is 1460 g/mol. The summed E-state index contributed by atoms with van der Waals surface area (Å²) in [6, 6.07) is 48.7. The summed E-state index contributed by atoms with van der Waals surface area (Å²) in [7, 11) is -5.52. The topological polar surface area (TPSA) is 287 Å². The number of ether oxygens (including phenoxy) is 6. The van der Waals surface area contributed by atoms with E-state index < -0.39 is 78.8 Å². The number of anilines is 3. The number of carbonyl (C=O) groups excluding carboxylic acids is 5. The molecular formula is C80H67B3F3N5O17. The lowest BCUT2D eigenvalue weighted by molar-refractivity contribution is -0.140. The van der Waals surface area contributed by atoms with Gasteiger partial charge in [-0.3, -0.25) is 9.59 Å². The van der Waals surface area contributed by atoms with E-state index in [1.54, 1.807) is 127 Å². The smallest absolute Gasteiger partial charge is 0.456 e. The average molecular weight is 1460 g/mol. The van der Waals surface area contributed by atoms with Crippen molar-refractivity contribution < 1.29 is 95.7 Å². The van der Waals surface area contributed by atoms with Crippen LogP contribution < -0.4 is 45.7 Å². The zero-order chi connectivity index (χ0) is 76.0. The van der Waals surface area contributed by atoms with Gasteiger partial charge in [0, 0.05) is 150 Å². The molecule has 17 rings (SSSR count). The van der Waals surface area contributed by atoms with Crippen LogP contribution in [0.3, 0.4) is 0 Å². The Morgan fingerprint density at radius 2 is 0.806 bits per heavy atom. The standard InChI is InChI=1S/C29H24BF3N2O6.C28H25BN2O6.C23H18BNO5/c1-16(2)26(36)35-11-9-34(10-12-35)18-7-8-21-23(15-18)40-24-14-17(30(38)39)13-22(29(31,32)33)25(24)28(21)20-6-4-3-5-19(20)27(37)41-28;1-17(2)26(32)31-13-11-30(12-14-31)19-8-10-23-25(16-19)36-24-15-18(29(34)35)7-9-22(24)28(23)21-6-4-3-5-20(21)27(33)37-28;1-2-11-25-15-8-10-19-21(13-15)29-20-12-14(24(27)28)7-9-18(20)23(19)17-6-4-3-5-16(17)22(26)30-23/h3-8,13-15,38-39H,1,9-12H2,2H3;3-10,15-16,34-35H,1,11-14H2,2H3;2-10,12-13,25,27-28H,1,11H2. The Labute approximate surface area is 617 Å². The van der Waals surface area contributed by atoms with Crippen LogP contribution in [0.2, 0.25) is 0 Å². The Kier molecular flexibility index (Phi) is 18.2. The van der Waals surface area contributed by atoms with Crippen LogP contribution in [0.4, 0.5) is 30.2 Å². The van der Waals surface area contributed by atoms with Gasteiger partial charge in [0.05, 0.1) is 27.8 Å². The minimum Gasteiger partial charge on any atom is -0.456 e. The zero-order valence-electron chi connectivity index (χ0n) is 58.1. The number of halogens is 3. The molecule has 8 heterocycles. The van der Waals surface area contributed by atoms with Crippen molar-refractivity contribution in [3.8, 4) is 34.5 Å². The minimum atomic E-state index is -4.95. The summed E-state index contributed by atoms with van der Waals surface area (Å²) in [6.45, 7) is 19.5. The second kappa shape index (κ2) is 27.5. The van der Waals surface area contributed by atoms with Crippen molar-refractivity contribution in [1.29, 1.82) is 0 Å². The predicted octanol–water partition coefficient (Wildman–Crippen LogP) is 7.87. The summed E-state index contributed by atoms with van der Waals surface area (Å²) in [6.07, 6.45) is -3.20. The molecule has 2 amide bonds. The highest BCUT2D eigenvalue weighted by Crippen LogP contribution is 2.61. The van der Waals surface area contributed by atoms with Gasteiger partial charge in [-0.25, -0.2) is 14.4 Å². The lowest BCUT2D eigenvalue weighted by Gasteiger charge is -2.40. The molecule has 0 bridgehead atoms. The first-order valence-electron chi connectivity index (χ1n) is 34.6. The Hall–Kier alpha value is -11.9. The molecule has 0 aromatic heterocycles. The van der Waals surface area contributed by atoms with Gasteiger partial charge in [-0.2, -0.15) is 13.2 Å². The average Bonchev–Trinajstić information content (AvgIpc) is 1.46. The summed E-state index contributed by atoms with van der Waals surface area (Å²) < 4.78 is 80.3. The summed E-state index contributed by atoms with van der Waals surface area (Å²) in [5.41, 5.74) is 3.06. The maximum absolute atomic E-state index is 14.6. The quantitative estimate of drug-likeness (QED) is 0.0225. The molecule has 0 saturated carbocycles. The molecule has 3 spiro atoms.